The van der Waals surface area contributed by atoms with E-state index in [0.29, 0.717) is 31.3 Å². The maximum atomic E-state index is 12.5. The van der Waals surface area contributed by atoms with Crippen molar-refractivity contribution in [1.29, 1.82) is 0 Å². The molecule has 8 nitrogen and oxygen atoms in total. The number of benzene rings is 1. The van der Waals surface area contributed by atoms with E-state index in [1.807, 2.05) is 6.07 Å². The van der Waals surface area contributed by atoms with Gasteiger partial charge in [0.25, 0.3) is 0 Å². The zero-order valence-corrected chi connectivity index (χ0v) is 14.0. The normalized spacial score (nSPS) is 17.2. The van der Waals surface area contributed by atoms with E-state index in [4.69, 9.17) is 9.15 Å². The highest BCUT2D eigenvalue weighted by Crippen LogP contribution is 2.22. The topological polar surface area (TPSA) is 97.6 Å². The molecular weight excluding hydrogens is 324 g/mol. The molecule has 0 bridgehead atoms. The molecule has 1 aliphatic heterocycles. The first-order valence-corrected chi connectivity index (χ1v) is 8.26. The molecule has 1 N–H and O–H groups in total. The van der Waals surface area contributed by atoms with E-state index in [-0.39, 0.29) is 17.9 Å². The van der Waals surface area contributed by atoms with Crippen molar-refractivity contribution in [2.24, 2.45) is 5.92 Å². The van der Waals surface area contributed by atoms with Gasteiger partial charge in [-0.2, -0.15) is 0 Å². The van der Waals surface area contributed by atoms with Crippen molar-refractivity contribution in [2.75, 3.05) is 25.0 Å². The molecule has 0 spiro atoms. The number of hydrogen-bond donors (Lipinski definition) is 1. The highest BCUT2D eigenvalue weighted by atomic mass is 16.5. The number of nitrogens with zero attached hydrogens (tertiary/aromatic N) is 3. The van der Waals surface area contributed by atoms with Crippen molar-refractivity contribution in [1.82, 2.24) is 15.1 Å². The molecule has 0 aliphatic carbocycles. The summed E-state index contributed by atoms with van der Waals surface area (Å²) >= 11 is 0. The summed E-state index contributed by atoms with van der Waals surface area (Å²) in [5, 5.41) is 10.3. The maximum Gasteiger partial charge on any atom is 0.321 e. The molecule has 1 aliphatic rings. The molecular formula is C17H20N4O4. The van der Waals surface area contributed by atoms with Crippen molar-refractivity contribution in [3.05, 3.63) is 30.7 Å². The molecule has 25 heavy (non-hydrogen) atoms. The molecule has 2 aromatic rings. The SMILES string of the molecule is CCOC(=O)[C@H]1CCCN(C(=O)Nc2cccc(-c3nnco3)c2)C1. The smallest absolute Gasteiger partial charge is 0.321 e. The van der Waals surface area contributed by atoms with Crippen LogP contribution in [-0.4, -0.2) is 46.8 Å². The summed E-state index contributed by atoms with van der Waals surface area (Å²) in [5.74, 6) is -0.112. The molecule has 3 rings (SSSR count). The number of likely N-dealkylation sites (tertiary alicyclic amines) is 1. The van der Waals surface area contributed by atoms with Gasteiger partial charge in [-0.25, -0.2) is 4.79 Å². The number of ether oxygens (including phenoxy) is 1. The van der Waals surface area contributed by atoms with E-state index in [9.17, 15) is 9.59 Å². The Labute approximate surface area is 145 Å². The van der Waals surface area contributed by atoms with Crippen LogP contribution in [-0.2, 0) is 9.53 Å². The number of piperidine rings is 1. The van der Waals surface area contributed by atoms with Crippen LogP contribution in [0, 0.1) is 5.92 Å². The van der Waals surface area contributed by atoms with Gasteiger partial charge in [0.1, 0.15) is 0 Å². The number of urea groups is 1. The van der Waals surface area contributed by atoms with Gasteiger partial charge in [-0.15, -0.1) is 10.2 Å². The lowest BCUT2D eigenvalue weighted by atomic mass is 9.98. The molecule has 2 amide bonds. The van der Waals surface area contributed by atoms with E-state index >= 15 is 0 Å². The van der Waals surface area contributed by atoms with Gasteiger partial charge in [-0.3, -0.25) is 4.79 Å². The van der Waals surface area contributed by atoms with E-state index in [2.05, 4.69) is 15.5 Å². The predicted octanol–water partition coefficient (Wildman–Crippen LogP) is 2.54. The number of nitrogens with one attached hydrogen (secondary N) is 1. The Morgan fingerprint density at radius 3 is 3.08 bits per heavy atom. The van der Waals surface area contributed by atoms with Crippen LogP contribution < -0.4 is 5.32 Å². The lowest BCUT2D eigenvalue weighted by molar-refractivity contribution is -0.149. The highest BCUT2D eigenvalue weighted by Gasteiger charge is 2.29. The number of anilines is 1. The number of hydrogen-bond acceptors (Lipinski definition) is 6. The molecule has 0 radical (unpaired) electrons. The minimum absolute atomic E-state index is 0.238. The molecule has 8 heteroatoms. The van der Waals surface area contributed by atoms with Crippen LogP contribution >= 0.6 is 0 Å². The third kappa shape index (κ3) is 4.14. The quantitative estimate of drug-likeness (QED) is 0.856. The van der Waals surface area contributed by atoms with Gasteiger partial charge in [-0.1, -0.05) is 6.07 Å². The molecule has 1 atom stereocenters. The summed E-state index contributed by atoms with van der Waals surface area (Å²) < 4.78 is 10.2. The van der Waals surface area contributed by atoms with Gasteiger partial charge in [-0.05, 0) is 38.0 Å². The van der Waals surface area contributed by atoms with Crippen molar-refractivity contribution in [3.8, 4) is 11.5 Å². The third-order valence-corrected chi connectivity index (χ3v) is 4.05. The summed E-state index contributed by atoms with van der Waals surface area (Å²) in [7, 11) is 0. The van der Waals surface area contributed by atoms with Crippen LogP contribution in [0.15, 0.2) is 35.1 Å². The average Bonchev–Trinajstić information content (AvgIpc) is 3.17. The summed E-state index contributed by atoms with van der Waals surface area (Å²) in [6.07, 6.45) is 2.78. The summed E-state index contributed by atoms with van der Waals surface area (Å²) in [6.45, 7) is 3.12. The second-order valence-electron chi connectivity index (χ2n) is 5.79. The first kappa shape index (κ1) is 16.9. The van der Waals surface area contributed by atoms with Gasteiger partial charge < -0.3 is 19.4 Å². The lowest BCUT2D eigenvalue weighted by Crippen LogP contribution is -2.44. The molecule has 2 heterocycles. The van der Waals surface area contributed by atoms with Crippen LogP contribution in [0.3, 0.4) is 0 Å². The first-order valence-electron chi connectivity index (χ1n) is 8.26. The van der Waals surface area contributed by atoms with Gasteiger partial charge >= 0.3 is 12.0 Å². The minimum Gasteiger partial charge on any atom is -0.466 e. The fraction of sp³-hybridized carbons (Fsp3) is 0.412. The Morgan fingerprint density at radius 1 is 1.44 bits per heavy atom. The molecule has 1 fully saturated rings. The van der Waals surface area contributed by atoms with Crippen LogP contribution in [0.25, 0.3) is 11.5 Å². The second-order valence-corrected chi connectivity index (χ2v) is 5.79. The van der Waals surface area contributed by atoms with Crippen molar-refractivity contribution >= 4 is 17.7 Å². The van der Waals surface area contributed by atoms with Crippen molar-refractivity contribution in [2.45, 2.75) is 19.8 Å². The van der Waals surface area contributed by atoms with Gasteiger partial charge in [0.05, 0.1) is 12.5 Å². The number of amides is 2. The Bertz CT molecular complexity index is 732. The third-order valence-electron chi connectivity index (χ3n) is 4.05. The van der Waals surface area contributed by atoms with E-state index in [1.54, 1.807) is 30.0 Å². The van der Waals surface area contributed by atoms with E-state index < -0.39 is 0 Å². The lowest BCUT2D eigenvalue weighted by Gasteiger charge is -2.31. The van der Waals surface area contributed by atoms with Gasteiger partial charge in [0.15, 0.2) is 0 Å². The highest BCUT2D eigenvalue weighted by molar-refractivity contribution is 5.90. The van der Waals surface area contributed by atoms with Crippen LogP contribution in [0.1, 0.15) is 19.8 Å². The minimum atomic E-state index is -0.260. The zero-order chi connectivity index (χ0) is 17.6. The van der Waals surface area contributed by atoms with E-state index in [0.717, 1.165) is 18.4 Å². The number of carbonyl (C=O) groups excluding carboxylic acids is 2. The Balaban J connectivity index is 1.64. The number of esters is 1. The number of carbonyl (C=O) groups is 2. The number of aromatic nitrogens is 2. The van der Waals surface area contributed by atoms with Crippen LogP contribution in [0.5, 0.6) is 0 Å². The molecule has 1 aromatic carbocycles. The zero-order valence-electron chi connectivity index (χ0n) is 14.0. The molecule has 0 unspecified atom stereocenters. The maximum absolute atomic E-state index is 12.5. The Kier molecular flexibility index (Phi) is 5.27. The fourth-order valence-corrected chi connectivity index (χ4v) is 2.85. The molecule has 132 valence electrons. The van der Waals surface area contributed by atoms with Gasteiger partial charge in [0, 0.05) is 24.3 Å². The van der Waals surface area contributed by atoms with Crippen LogP contribution in [0.2, 0.25) is 0 Å². The second kappa shape index (κ2) is 7.78. The first-order chi connectivity index (χ1) is 12.2. The predicted molar refractivity (Wildman–Crippen MR) is 89.7 cm³/mol. The molecule has 0 saturated carbocycles. The average molecular weight is 344 g/mol. The Morgan fingerprint density at radius 2 is 2.32 bits per heavy atom. The van der Waals surface area contributed by atoms with Crippen molar-refractivity contribution in [3.63, 3.8) is 0 Å². The molecule has 1 aromatic heterocycles. The Hall–Kier alpha value is -2.90. The number of rotatable bonds is 4. The standard InChI is InChI=1S/C17H20N4O4/c1-2-24-16(22)13-6-4-8-21(10-13)17(23)19-14-7-3-5-12(9-14)15-20-18-11-25-15/h3,5,7,9,11,13H,2,4,6,8,10H2,1H3,(H,19,23)/t13-/m0/s1. The van der Waals surface area contributed by atoms with E-state index in [1.165, 1.54) is 6.39 Å². The molecule has 1 saturated heterocycles. The fourth-order valence-electron chi connectivity index (χ4n) is 2.85. The summed E-state index contributed by atoms with van der Waals surface area (Å²) in [4.78, 5) is 26.0. The summed E-state index contributed by atoms with van der Waals surface area (Å²) in [6, 6.07) is 6.92. The summed E-state index contributed by atoms with van der Waals surface area (Å²) in [5.41, 5.74) is 1.34. The van der Waals surface area contributed by atoms with Crippen molar-refractivity contribution < 1.29 is 18.7 Å². The van der Waals surface area contributed by atoms with Crippen LogP contribution in [0.4, 0.5) is 10.5 Å². The van der Waals surface area contributed by atoms with Gasteiger partial charge in [0.2, 0.25) is 12.3 Å². The monoisotopic (exact) mass is 344 g/mol. The largest absolute Gasteiger partial charge is 0.466 e.